The van der Waals surface area contributed by atoms with Crippen LogP contribution in [0.15, 0.2) is 118 Å². The van der Waals surface area contributed by atoms with Crippen LogP contribution in [-0.2, 0) is 19.4 Å². The Kier molecular flexibility index (Phi) is 8.36. The van der Waals surface area contributed by atoms with E-state index in [1.54, 1.807) is 6.26 Å². The molecule has 3 heterocycles. The number of aryl methyl sites for hydroxylation is 2. The zero-order chi connectivity index (χ0) is 34.1. The predicted octanol–water partition coefficient (Wildman–Crippen LogP) is 12.2. The van der Waals surface area contributed by atoms with Gasteiger partial charge in [0.2, 0.25) is 0 Å². The van der Waals surface area contributed by atoms with Crippen molar-refractivity contribution in [3.05, 3.63) is 165 Å². The van der Waals surface area contributed by atoms with Gasteiger partial charge < -0.3 is 0 Å². The van der Waals surface area contributed by atoms with Crippen LogP contribution in [0.1, 0.15) is 57.4 Å². The standard InChI is InChI=1S/C44H35O2Si.2ClH.Zr/c1-27-17-19-33-34(40(27)30-12-6-4-7-13-30)26-36(38-20-18-28(2)46-38)43(33)44-35(37-16-10-21-45-37)24-32-25-39(47-22-11-23-47)29(3)41(42(32)44)31-14-8-5-9-15-31;;;/h4-10,12-21,25-26,43H,11,22-23H2,1-3H3;2*1H;/q;;;+2/p-2. The number of allylic oxidation sites excluding steroid dienone is 2. The minimum absolute atomic E-state index is 0.142. The van der Waals surface area contributed by atoms with E-state index in [9.17, 15) is 0 Å². The Bertz CT molecular complexity index is 2500. The quantitative estimate of drug-likeness (QED) is 0.157. The first-order valence-electron chi connectivity index (χ1n) is 17.3. The molecular formula is C44H35Cl2O2SiZr. The molecular weight excluding hydrogens is 751 g/mol. The molecule has 1 fully saturated rings. The van der Waals surface area contributed by atoms with Gasteiger partial charge in [0.05, 0.1) is 0 Å². The Labute approximate surface area is 309 Å². The number of furan rings is 2. The maximum absolute atomic E-state index is 7.32. The van der Waals surface area contributed by atoms with Crippen molar-refractivity contribution < 1.29 is 28.2 Å². The second-order valence-corrected chi connectivity index (χ2v) is 24.5. The van der Waals surface area contributed by atoms with Crippen molar-refractivity contribution in [1.82, 2.24) is 0 Å². The molecule has 0 saturated carbocycles. The van der Waals surface area contributed by atoms with Crippen LogP contribution in [0.2, 0.25) is 12.1 Å². The van der Waals surface area contributed by atoms with Gasteiger partial charge in [-0.05, 0) is 0 Å². The SMILES string of the molecule is Cc1ccc(C2=Cc3c(ccc(C)c3-c3ccccc3)C2C2=c3c(cc(=[Si]4CCC4)c(C)c3-c3ccccc3)[C]([Zr]([Cl])[Cl])=C2c2ccco2)o1. The first-order chi connectivity index (χ1) is 24.4. The van der Waals surface area contributed by atoms with Crippen LogP contribution in [0.25, 0.3) is 48.3 Å². The van der Waals surface area contributed by atoms with Gasteiger partial charge in [0, 0.05) is 0 Å². The molecule has 2 aliphatic carbocycles. The minimum atomic E-state index is -3.15. The van der Waals surface area contributed by atoms with Crippen LogP contribution in [0.4, 0.5) is 0 Å². The van der Waals surface area contributed by atoms with Gasteiger partial charge in [0.15, 0.2) is 0 Å². The van der Waals surface area contributed by atoms with E-state index in [0.717, 1.165) is 31.7 Å². The van der Waals surface area contributed by atoms with Crippen LogP contribution in [0.5, 0.6) is 0 Å². The molecule has 0 N–H and O–H groups in total. The average Bonchev–Trinajstić information content (AvgIpc) is 3.90. The maximum atomic E-state index is 7.32. The van der Waals surface area contributed by atoms with Crippen molar-refractivity contribution in [3.63, 3.8) is 0 Å². The molecule has 0 spiro atoms. The van der Waals surface area contributed by atoms with Gasteiger partial charge in [-0.15, -0.1) is 0 Å². The molecule has 0 bridgehead atoms. The third kappa shape index (κ3) is 5.17. The monoisotopic (exact) mass is 783 g/mol. The molecule has 3 aliphatic rings. The summed E-state index contributed by atoms with van der Waals surface area (Å²) in [6.07, 6.45) is 5.46. The molecule has 1 atom stereocenters. The summed E-state index contributed by atoms with van der Waals surface area (Å²) in [6, 6.07) is 39.7. The fourth-order valence-corrected chi connectivity index (χ4v) is 15.1. The van der Waals surface area contributed by atoms with E-state index in [4.69, 9.17) is 25.9 Å². The summed E-state index contributed by atoms with van der Waals surface area (Å²) in [5, 5.41) is 1.24. The Balaban J connectivity index is 1.48. The van der Waals surface area contributed by atoms with Gasteiger partial charge in [0.25, 0.3) is 0 Å². The number of hydrogen-bond donors (Lipinski definition) is 0. The molecule has 0 radical (unpaired) electrons. The van der Waals surface area contributed by atoms with Gasteiger partial charge in [-0.2, -0.15) is 0 Å². The molecule has 245 valence electrons. The second kappa shape index (κ2) is 12.9. The molecule has 4 aromatic carbocycles. The van der Waals surface area contributed by atoms with Crippen LogP contribution in [-0.4, -0.2) is 8.41 Å². The van der Waals surface area contributed by atoms with Gasteiger partial charge in [-0.1, -0.05) is 0 Å². The van der Waals surface area contributed by atoms with E-state index in [-0.39, 0.29) is 5.92 Å². The summed E-state index contributed by atoms with van der Waals surface area (Å²) >= 11 is -3.15. The predicted molar refractivity (Wildman–Crippen MR) is 206 cm³/mol. The number of fused-ring (bicyclic) bond motifs is 2. The van der Waals surface area contributed by atoms with E-state index in [2.05, 4.69) is 117 Å². The van der Waals surface area contributed by atoms with E-state index >= 15 is 0 Å². The molecule has 9 rings (SSSR count). The van der Waals surface area contributed by atoms with Crippen LogP contribution in [0, 0.1) is 25.6 Å². The number of benzene rings is 4. The molecule has 6 aromatic rings. The average molecular weight is 786 g/mol. The van der Waals surface area contributed by atoms with Crippen molar-refractivity contribution in [2.75, 3.05) is 0 Å². The fourth-order valence-electron chi connectivity index (χ4n) is 8.43. The molecule has 1 unspecified atom stereocenters. The van der Waals surface area contributed by atoms with E-state index in [0.29, 0.717) is 0 Å². The number of hydrogen-bond acceptors (Lipinski definition) is 2. The zero-order valence-electron chi connectivity index (χ0n) is 28.2. The fraction of sp³-hybridized carbons (Fsp3) is 0.159. The Morgan fingerprint density at radius 3 is 2.08 bits per heavy atom. The molecule has 50 heavy (non-hydrogen) atoms. The van der Waals surface area contributed by atoms with Crippen LogP contribution in [0.3, 0.4) is 0 Å². The number of halogens is 2. The Morgan fingerprint density at radius 1 is 0.760 bits per heavy atom. The van der Waals surface area contributed by atoms with Gasteiger partial charge in [-0.25, -0.2) is 0 Å². The van der Waals surface area contributed by atoms with Gasteiger partial charge in [0.1, 0.15) is 0 Å². The van der Waals surface area contributed by atoms with Crippen molar-refractivity contribution in [2.24, 2.45) is 0 Å². The first kappa shape index (κ1) is 32.4. The van der Waals surface area contributed by atoms with Gasteiger partial charge >= 0.3 is 312 Å². The van der Waals surface area contributed by atoms with Crippen molar-refractivity contribution in [1.29, 1.82) is 0 Å². The molecule has 1 aliphatic heterocycles. The Hall–Kier alpha value is -3.53. The van der Waals surface area contributed by atoms with E-state index in [1.807, 2.05) is 13.0 Å². The van der Waals surface area contributed by atoms with Crippen LogP contribution >= 0.6 is 17.0 Å². The van der Waals surface area contributed by atoms with Crippen LogP contribution < -0.4 is 5.22 Å². The summed E-state index contributed by atoms with van der Waals surface area (Å²) in [6.45, 7) is 6.58. The summed E-state index contributed by atoms with van der Waals surface area (Å²) < 4.78 is 14.0. The molecule has 1 saturated heterocycles. The molecule has 2 nitrogen and oxygen atoms in total. The summed E-state index contributed by atoms with van der Waals surface area (Å²) in [4.78, 5) is 1.53. The molecule has 0 amide bonds. The van der Waals surface area contributed by atoms with E-state index < -0.39 is 27.8 Å². The van der Waals surface area contributed by atoms with Gasteiger partial charge in [-0.3, -0.25) is 0 Å². The van der Waals surface area contributed by atoms with E-state index in [1.165, 1.54) is 84.2 Å². The summed E-state index contributed by atoms with van der Waals surface area (Å²) in [5.41, 5.74) is 14.7. The third-order valence-electron chi connectivity index (χ3n) is 10.8. The Morgan fingerprint density at radius 2 is 1.48 bits per heavy atom. The number of rotatable bonds is 6. The van der Waals surface area contributed by atoms with Crippen molar-refractivity contribution >= 4 is 51.5 Å². The molecule has 6 heteroatoms. The van der Waals surface area contributed by atoms with Crippen molar-refractivity contribution in [3.8, 4) is 22.3 Å². The first-order valence-corrected chi connectivity index (χ1v) is 26.8. The molecule has 2 aromatic heterocycles. The summed E-state index contributed by atoms with van der Waals surface area (Å²) in [7, 11) is 14.0. The van der Waals surface area contributed by atoms with Crippen molar-refractivity contribution in [2.45, 2.75) is 45.2 Å². The topological polar surface area (TPSA) is 26.3 Å². The third-order valence-corrected chi connectivity index (χ3v) is 18.4. The zero-order valence-corrected chi connectivity index (χ0v) is 33.2. The second-order valence-electron chi connectivity index (χ2n) is 13.6. The normalized spacial score (nSPS) is 16.4. The summed E-state index contributed by atoms with van der Waals surface area (Å²) in [5.74, 6) is 2.45.